The average molecular weight is 313 g/mol. The Hall–Kier alpha value is -1.56. The van der Waals surface area contributed by atoms with Gasteiger partial charge >= 0.3 is 12.1 Å². The molecule has 1 aliphatic heterocycles. The molecule has 0 aromatic heterocycles. The molecule has 1 amide bonds. The van der Waals surface area contributed by atoms with E-state index in [-0.39, 0.29) is 30.8 Å². The van der Waals surface area contributed by atoms with Gasteiger partial charge in [-0.1, -0.05) is 12.2 Å². The van der Waals surface area contributed by atoms with Crippen LogP contribution in [-0.4, -0.2) is 54.0 Å². The van der Waals surface area contributed by atoms with Crippen LogP contribution >= 0.6 is 0 Å². The third-order valence-electron chi connectivity index (χ3n) is 3.88. The quantitative estimate of drug-likeness (QED) is 0.634. The van der Waals surface area contributed by atoms with Crippen LogP contribution < -0.4 is 0 Å². The van der Waals surface area contributed by atoms with Crippen molar-refractivity contribution in [3.05, 3.63) is 12.2 Å². The lowest BCUT2D eigenvalue weighted by molar-refractivity contribution is -0.142. The number of ether oxygens (including phenoxy) is 2. The number of esters is 1. The van der Waals surface area contributed by atoms with Crippen LogP contribution in [0.3, 0.4) is 0 Å². The third-order valence-corrected chi connectivity index (χ3v) is 3.88. The zero-order valence-corrected chi connectivity index (χ0v) is 14.1. The van der Waals surface area contributed by atoms with Crippen molar-refractivity contribution in [2.75, 3.05) is 20.3 Å². The summed E-state index contributed by atoms with van der Waals surface area (Å²) in [5.74, 6) is -0.646. The number of aliphatic hydroxyl groups excluding tert-OH is 1. The highest BCUT2D eigenvalue weighted by Gasteiger charge is 2.46. The van der Waals surface area contributed by atoms with Crippen LogP contribution in [0, 0.1) is 11.8 Å². The molecule has 1 heterocycles. The number of carbonyl (C=O) groups excluding carboxylic acids is 2. The maximum absolute atomic E-state index is 12.3. The van der Waals surface area contributed by atoms with E-state index < -0.39 is 17.7 Å². The van der Waals surface area contributed by atoms with E-state index in [0.29, 0.717) is 6.54 Å². The monoisotopic (exact) mass is 313 g/mol. The number of hydrogen-bond donors (Lipinski definition) is 1. The summed E-state index contributed by atoms with van der Waals surface area (Å²) in [6.45, 7) is 11.3. The van der Waals surface area contributed by atoms with Gasteiger partial charge in [-0.25, -0.2) is 4.79 Å². The molecule has 0 radical (unpaired) electrons. The van der Waals surface area contributed by atoms with Crippen molar-refractivity contribution in [1.29, 1.82) is 0 Å². The molecule has 0 aliphatic carbocycles. The van der Waals surface area contributed by atoms with Gasteiger partial charge in [0.05, 0.1) is 26.2 Å². The Morgan fingerprint density at radius 1 is 1.36 bits per heavy atom. The molecule has 0 unspecified atom stereocenters. The van der Waals surface area contributed by atoms with E-state index in [4.69, 9.17) is 9.47 Å². The summed E-state index contributed by atoms with van der Waals surface area (Å²) >= 11 is 0. The second-order valence-corrected chi connectivity index (χ2v) is 6.78. The second kappa shape index (κ2) is 7.13. The molecule has 0 aromatic rings. The second-order valence-electron chi connectivity index (χ2n) is 6.78. The molecule has 126 valence electrons. The summed E-state index contributed by atoms with van der Waals surface area (Å²) in [7, 11) is 1.33. The van der Waals surface area contributed by atoms with Crippen molar-refractivity contribution < 1.29 is 24.2 Å². The van der Waals surface area contributed by atoms with Gasteiger partial charge in [0.15, 0.2) is 0 Å². The molecule has 1 aliphatic rings. The van der Waals surface area contributed by atoms with Crippen molar-refractivity contribution in [2.45, 2.75) is 45.8 Å². The highest BCUT2D eigenvalue weighted by Crippen LogP contribution is 2.37. The largest absolute Gasteiger partial charge is 0.469 e. The maximum atomic E-state index is 12.3. The van der Waals surface area contributed by atoms with Crippen LogP contribution in [0.25, 0.3) is 0 Å². The van der Waals surface area contributed by atoms with E-state index in [1.807, 2.05) is 6.92 Å². The molecule has 6 heteroatoms. The number of rotatable bonds is 4. The SMILES string of the molecule is C=C(C)[C@H]1CN(C(=O)OC(C)(C)C)[C@H](CO)[C@H]1CC(=O)OC. The van der Waals surface area contributed by atoms with Crippen LogP contribution in [0.15, 0.2) is 12.2 Å². The maximum Gasteiger partial charge on any atom is 0.410 e. The zero-order chi connectivity index (χ0) is 17.1. The van der Waals surface area contributed by atoms with Crippen molar-refractivity contribution in [3.8, 4) is 0 Å². The minimum atomic E-state index is -0.615. The Kier molecular flexibility index (Phi) is 6.00. The molecule has 1 N–H and O–H groups in total. The Balaban J connectivity index is 2.98. The van der Waals surface area contributed by atoms with Gasteiger partial charge in [0.2, 0.25) is 0 Å². The van der Waals surface area contributed by atoms with Crippen molar-refractivity contribution in [1.82, 2.24) is 4.90 Å². The number of methoxy groups -OCH3 is 1. The predicted octanol–water partition coefficient (Wildman–Crippen LogP) is 1.97. The Morgan fingerprint density at radius 3 is 2.36 bits per heavy atom. The summed E-state index contributed by atoms with van der Waals surface area (Å²) in [4.78, 5) is 25.5. The normalized spacial score (nSPS) is 25.0. The van der Waals surface area contributed by atoms with Crippen LogP contribution in [0.2, 0.25) is 0 Å². The van der Waals surface area contributed by atoms with Gasteiger partial charge < -0.3 is 19.5 Å². The highest BCUT2D eigenvalue weighted by molar-refractivity contribution is 5.72. The molecule has 1 saturated heterocycles. The topological polar surface area (TPSA) is 76.1 Å². The first-order valence-electron chi connectivity index (χ1n) is 7.43. The lowest BCUT2D eigenvalue weighted by atomic mass is 9.84. The van der Waals surface area contributed by atoms with Crippen molar-refractivity contribution in [2.24, 2.45) is 11.8 Å². The van der Waals surface area contributed by atoms with Crippen molar-refractivity contribution >= 4 is 12.1 Å². The third kappa shape index (κ3) is 4.47. The molecular formula is C16H27NO5. The van der Waals surface area contributed by atoms with Crippen molar-refractivity contribution in [3.63, 3.8) is 0 Å². The molecule has 0 saturated carbocycles. The minimum absolute atomic E-state index is 0.0660. The van der Waals surface area contributed by atoms with Gasteiger partial charge in [-0.05, 0) is 27.7 Å². The Morgan fingerprint density at radius 2 is 1.95 bits per heavy atom. The number of likely N-dealkylation sites (tertiary alicyclic amines) is 1. The number of aliphatic hydroxyl groups is 1. The Bertz CT molecular complexity index is 440. The van der Waals surface area contributed by atoms with Crippen LogP contribution in [0.5, 0.6) is 0 Å². The van der Waals surface area contributed by atoms with Gasteiger partial charge in [0.25, 0.3) is 0 Å². The smallest absolute Gasteiger partial charge is 0.410 e. The molecule has 0 bridgehead atoms. The average Bonchev–Trinajstić information content (AvgIpc) is 2.75. The lowest BCUT2D eigenvalue weighted by Crippen LogP contribution is -2.43. The number of carbonyl (C=O) groups is 2. The number of nitrogens with zero attached hydrogens (tertiary/aromatic N) is 1. The highest BCUT2D eigenvalue weighted by atomic mass is 16.6. The van der Waals surface area contributed by atoms with E-state index in [0.717, 1.165) is 5.57 Å². The molecule has 6 nitrogen and oxygen atoms in total. The molecule has 1 fully saturated rings. The fraction of sp³-hybridized carbons (Fsp3) is 0.750. The van der Waals surface area contributed by atoms with Crippen LogP contribution in [0.1, 0.15) is 34.1 Å². The zero-order valence-electron chi connectivity index (χ0n) is 14.1. The molecule has 22 heavy (non-hydrogen) atoms. The number of hydrogen-bond acceptors (Lipinski definition) is 5. The van der Waals surface area contributed by atoms with Gasteiger partial charge in [0.1, 0.15) is 5.60 Å². The first-order chi connectivity index (χ1) is 10.1. The summed E-state index contributed by atoms with van der Waals surface area (Å²) in [5, 5.41) is 9.71. The van der Waals surface area contributed by atoms with E-state index in [1.165, 1.54) is 12.0 Å². The first-order valence-corrected chi connectivity index (χ1v) is 7.43. The van der Waals surface area contributed by atoms with E-state index in [9.17, 15) is 14.7 Å². The molecule has 0 spiro atoms. The van der Waals surface area contributed by atoms with E-state index >= 15 is 0 Å². The standard InChI is InChI=1S/C16H27NO5/c1-10(2)12-8-17(15(20)22-16(3,4)5)13(9-18)11(12)7-14(19)21-6/h11-13,18H,1,7-9H2,2-6H3/t11-,12+,13+/m0/s1. The first kappa shape index (κ1) is 18.5. The fourth-order valence-corrected chi connectivity index (χ4v) is 2.82. The summed E-state index contributed by atoms with van der Waals surface area (Å²) in [5.41, 5.74) is 0.259. The molecular weight excluding hydrogens is 286 g/mol. The summed E-state index contributed by atoms with van der Waals surface area (Å²) < 4.78 is 10.1. The van der Waals surface area contributed by atoms with Crippen LogP contribution in [0.4, 0.5) is 4.79 Å². The van der Waals surface area contributed by atoms with E-state index in [1.54, 1.807) is 20.8 Å². The summed E-state index contributed by atoms with van der Waals surface area (Å²) in [6.07, 6.45) is -0.344. The van der Waals surface area contributed by atoms with E-state index in [2.05, 4.69) is 6.58 Å². The molecule has 3 atom stereocenters. The van der Waals surface area contributed by atoms with Gasteiger partial charge in [-0.2, -0.15) is 0 Å². The number of amides is 1. The van der Waals surface area contributed by atoms with Gasteiger partial charge in [-0.3, -0.25) is 4.79 Å². The Labute approximate surface area is 132 Å². The lowest BCUT2D eigenvalue weighted by Gasteiger charge is -2.29. The van der Waals surface area contributed by atoms with Gasteiger partial charge in [-0.15, -0.1) is 0 Å². The predicted molar refractivity (Wildman–Crippen MR) is 82.2 cm³/mol. The molecule has 0 aromatic carbocycles. The fourth-order valence-electron chi connectivity index (χ4n) is 2.82. The van der Waals surface area contributed by atoms with Crippen LogP contribution in [-0.2, 0) is 14.3 Å². The van der Waals surface area contributed by atoms with Gasteiger partial charge in [0, 0.05) is 18.4 Å². The molecule has 1 rings (SSSR count). The minimum Gasteiger partial charge on any atom is -0.469 e. The summed E-state index contributed by atoms with van der Waals surface area (Å²) in [6, 6.07) is -0.476.